The van der Waals surface area contributed by atoms with Gasteiger partial charge in [-0.05, 0) is 46.6 Å². The van der Waals surface area contributed by atoms with Crippen LogP contribution < -0.4 is 16.0 Å². The molecule has 0 radical (unpaired) electrons. The summed E-state index contributed by atoms with van der Waals surface area (Å²) in [4.78, 5) is 7.44. The minimum Gasteiger partial charge on any atom is -0.482 e. The maximum Gasteiger partial charge on any atom is 0.148 e. The first-order valence-electron chi connectivity index (χ1n) is 12.9. The van der Waals surface area contributed by atoms with Crippen LogP contribution in [-0.4, -0.2) is 88.4 Å². The zero-order valence-corrected chi connectivity index (χ0v) is 22.4. The molecule has 2 fully saturated rings. The molecule has 12 nitrogen and oxygen atoms in total. The van der Waals surface area contributed by atoms with Crippen molar-refractivity contribution in [2.45, 2.75) is 64.8 Å². The zero-order chi connectivity index (χ0) is 27.2. The van der Waals surface area contributed by atoms with E-state index in [4.69, 9.17) is 25.7 Å². The van der Waals surface area contributed by atoms with Crippen LogP contribution in [0.25, 0.3) is 5.52 Å². The molecule has 12 heteroatoms. The molecule has 2 aromatic rings. The first-order valence-corrected chi connectivity index (χ1v) is 12.9. The van der Waals surface area contributed by atoms with Gasteiger partial charge in [0.2, 0.25) is 0 Å². The molecule has 0 saturated carbocycles. The lowest BCUT2D eigenvalue weighted by molar-refractivity contribution is -0.0709. The predicted octanol–water partition coefficient (Wildman–Crippen LogP) is 1.96. The van der Waals surface area contributed by atoms with Gasteiger partial charge in [-0.2, -0.15) is 20.6 Å². The maximum atomic E-state index is 9.65. The van der Waals surface area contributed by atoms with Crippen molar-refractivity contribution < 1.29 is 9.47 Å². The van der Waals surface area contributed by atoms with Crippen molar-refractivity contribution in [2.24, 2.45) is 21.0 Å². The number of hydrogen-bond donors (Lipinski definition) is 3. The maximum absolute atomic E-state index is 9.65. The summed E-state index contributed by atoms with van der Waals surface area (Å²) in [5.74, 6) is 6.28. The Kier molecular flexibility index (Phi) is 8.70. The predicted molar refractivity (Wildman–Crippen MR) is 148 cm³/mol. The van der Waals surface area contributed by atoms with Gasteiger partial charge in [0.25, 0.3) is 0 Å². The summed E-state index contributed by atoms with van der Waals surface area (Å²) in [5.41, 5.74) is 6.16. The second-order valence-electron chi connectivity index (χ2n) is 9.93. The number of rotatable bonds is 10. The van der Waals surface area contributed by atoms with Crippen molar-refractivity contribution in [3.05, 3.63) is 29.6 Å². The van der Waals surface area contributed by atoms with Gasteiger partial charge >= 0.3 is 0 Å². The fourth-order valence-corrected chi connectivity index (χ4v) is 4.61. The summed E-state index contributed by atoms with van der Waals surface area (Å²) in [6.07, 6.45) is 5.77. The van der Waals surface area contributed by atoms with Crippen LogP contribution in [0.4, 0.5) is 0 Å². The Morgan fingerprint density at radius 3 is 2.66 bits per heavy atom. The van der Waals surface area contributed by atoms with Gasteiger partial charge in [-0.25, -0.2) is 4.52 Å². The molecule has 0 bridgehead atoms. The average molecular weight is 521 g/mol. The zero-order valence-electron chi connectivity index (χ0n) is 22.4. The molecule has 2 aromatic heterocycles. The van der Waals surface area contributed by atoms with Gasteiger partial charge in [-0.3, -0.25) is 9.89 Å². The lowest BCUT2D eigenvalue weighted by atomic mass is 10.0. The Morgan fingerprint density at radius 1 is 1.34 bits per heavy atom. The second kappa shape index (κ2) is 12.1. The monoisotopic (exact) mass is 520 g/mol. The number of aromatic nitrogens is 2. The molecular weight excluding hydrogens is 484 g/mol. The summed E-state index contributed by atoms with van der Waals surface area (Å²) in [5, 5.41) is 30.1. The van der Waals surface area contributed by atoms with Gasteiger partial charge in [-0.15, -0.1) is 0 Å². The highest BCUT2D eigenvalue weighted by molar-refractivity contribution is 6.47. The summed E-state index contributed by atoms with van der Waals surface area (Å²) in [7, 11) is 0. The normalized spacial score (nSPS) is 19.3. The Labute approximate surface area is 222 Å². The number of nitrogens with zero attached hydrogens (tertiary/aromatic N) is 7. The molecule has 2 aliphatic rings. The molecule has 202 valence electrons. The SMILES string of the molecule is CC(=NC1CCN(C2COC2)CC1)/C(=N\N)c1cc(OC(C)/C(C=N)=N/NC(C)C)c2c(C#N)cnn2c1. The van der Waals surface area contributed by atoms with E-state index >= 15 is 0 Å². The molecule has 0 amide bonds. The summed E-state index contributed by atoms with van der Waals surface area (Å²) < 4.78 is 13.2. The molecule has 0 aromatic carbocycles. The van der Waals surface area contributed by atoms with Crippen LogP contribution in [0.2, 0.25) is 0 Å². The molecule has 38 heavy (non-hydrogen) atoms. The van der Waals surface area contributed by atoms with E-state index in [0.29, 0.717) is 39.9 Å². The van der Waals surface area contributed by atoms with Gasteiger partial charge in [0, 0.05) is 37.1 Å². The van der Waals surface area contributed by atoms with Crippen molar-refractivity contribution in [1.82, 2.24) is 19.9 Å². The minimum atomic E-state index is -0.571. The Bertz CT molecular complexity index is 1280. The number of nitrogens with one attached hydrogen (secondary N) is 2. The first kappa shape index (κ1) is 27.2. The quantitative estimate of drug-likeness (QED) is 0.245. The molecule has 0 aliphatic carbocycles. The molecule has 4 N–H and O–H groups in total. The average Bonchev–Trinajstić information content (AvgIpc) is 3.28. The lowest BCUT2D eigenvalue weighted by Crippen LogP contribution is -2.52. The van der Waals surface area contributed by atoms with Crippen LogP contribution in [0.5, 0.6) is 5.75 Å². The number of nitrogens with two attached hydrogens (primary N) is 1. The molecule has 1 unspecified atom stereocenters. The summed E-state index contributed by atoms with van der Waals surface area (Å²) in [6, 6.07) is 4.80. The fourth-order valence-electron chi connectivity index (χ4n) is 4.61. The second-order valence-corrected chi connectivity index (χ2v) is 9.93. The van der Waals surface area contributed by atoms with Gasteiger partial charge in [0.05, 0.1) is 37.2 Å². The number of hydrazone groups is 2. The molecule has 2 saturated heterocycles. The number of fused-ring (bicyclic) bond motifs is 1. The van der Waals surface area contributed by atoms with Crippen LogP contribution >= 0.6 is 0 Å². The third-order valence-electron chi connectivity index (χ3n) is 6.77. The van der Waals surface area contributed by atoms with Crippen molar-refractivity contribution >= 4 is 28.9 Å². The van der Waals surface area contributed by atoms with Crippen molar-refractivity contribution in [1.29, 1.82) is 10.7 Å². The van der Waals surface area contributed by atoms with E-state index in [1.807, 2.05) is 20.8 Å². The van der Waals surface area contributed by atoms with E-state index in [9.17, 15) is 5.26 Å². The van der Waals surface area contributed by atoms with Crippen LogP contribution in [0.3, 0.4) is 0 Å². The fraction of sp³-hybridized carbons (Fsp3) is 0.538. The third-order valence-corrected chi connectivity index (χ3v) is 6.77. The smallest absolute Gasteiger partial charge is 0.148 e. The van der Waals surface area contributed by atoms with Crippen molar-refractivity contribution in [2.75, 3.05) is 26.3 Å². The van der Waals surface area contributed by atoms with Crippen molar-refractivity contribution in [3.8, 4) is 11.8 Å². The van der Waals surface area contributed by atoms with Gasteiger partial charge in [-0.1, -0.05) is 0 Å². The molecule has 0 spiro atoms. The van der Waals surface area contributed by atoms with Gasteiger partial charge in [0.1, 0.15) is 40.4 Å². The number of nitriles is 1. The van der Waals surface area contributed by atoms with E-state index in [-0.39, 0.29) is 12.1 Å². The van der Waals surface area contributed by atoms with Crippen molar-refractivity contribution in [3.63, 3.8) is 0 Å². The highest BCUT2D eigenvalue weighted by Crippen LogP contribution is 2.27. The summed E-state index contributed by atoms with van der Waals surface area (Å²) in [6.45, 7) is 11.3. The van der Waals surface area contributed by atoms with E-state index < -0.39 is 6.10 Å². The van der Waals surface area contributed by atoms with Crippen LogP contribution in [0.1, 0.15) is 51.7 Å². The topological polar surface area (TPSA) is 162 Å². The number of hydrogen-bond acceptors (Lipinski definition) is 11. The van der Waals surface area contributed by atoms with E-state index in [1.54, 1.807) is 23.7 Å². The van der Waals surface area contributed by atoms with E-state index in [1.165, 1.54) is 6.20 Å². The van der Waals surface area contributed by atoms with E-state index in [2.05, 4.69) is 31.7 Å². The van der Waals surface area contributed by atoms with Crippen LogP contribution in [0, 0.1) is 16.7 Å². The Hall–Kier alpha value is -3.82. The third kappa shape index (κ3) is 6.00. The molecular formula is C26H36N10O2. The van der Waals surface area contributed by atoms with Gasteiger partial charge < -0.3 is 26.2 Å². The first-order chi connectivity index (χ1) is 18.3. The number of ether oxygens (including phenoxy) is 2. The standard InChI is InChI=1S/C26H36N10O2/c1-16(2)33-34-23(11-28)18(4)38-24-9-19(13-36-26(24)20(10-27)12-30-36)25(32-29)17(3)31-21-5-7-35(8-6-21)22-14-37-15-22/h9,11-13,16,18,21-22,28,33H,5-8,14-15,29H2,1-4H3/b28-11?,31-17?,32-25+,34-23+. The molecule has 4 rings (SSSR count). The highest BCUT2D eigenvalue weighted by atomic mass is 16.5. The van der Waals surface area contributed by atoms with Gasteiger partial charge in [0.15, 0.2) is 0 Å². The lowest BCUT2D eigenvalue weighted by Gasteiger charge is -2.40. The Morgan fingerprint density at radius 2 is 2.08 bits per heavy atom. The molecule has 4 heterocycles. The van der Waals surface area contributed by atoms with E-state index in [0.717, 1.165) is 51.1 Å². The summed E-state index contributed by atoms with van der Waals surface area (Å²) >= 11 is 0. The molecule has 1 atom stereocenters. The largest absolute Gasteiger partial charge is 0.482 e. The van der Waals surface area contributed by atoms with Crippen LogP contribution in [-0.2, 0) is 4.74 Å². The minimum absolute atomic E-state index is 0.109. The number of likely N-dealkylation sites (tertiary alicyclic amines) is 1. The molecule has 2 aliphatic heterocycles. The Balaban J connectivity index is 1.60. The number of piperidine rings is 1. The highest BCUT2D eigenvalue weighted by Gasteiger charge is 2.29. The van der Waals surface area contributed by atoms with Crippen LogP contribution in [0.15, 0.2) is 33.7 Å². The number of aliphatic imine (C=N–C) groups is 1. The number of pyridine rings is 1.